The first-order valence-corrected chi connectivity index (χ1v) is 9.34. The van der Waals surface area contributed by atoms with Crippen molar-refractivity contribution in [2.24, 2.45) is 4.99 Å². The van der Waals surface area contributed by atoms with E-state index in [-0.39, 0.29) is 24.0 Å². The smallest absolute Gasteiger partial charge is 0.193 e. The van der Waals surface area contributed by atoms with E-state index in [1.807, 2.05) is 38.5 Å². The predicted octanol–water partition coefficient (Wildman–Crippen LogP) is 3.43. The Labute approximate surface area is 180 Å². The lowest BCUT2D eigenvalue weighted by molar-refractivity contribution is 0.230. The molecular weight excluding hydrogens is 451 g/mol. The van der Waals surface area contributed by atoms with Crippen LogP contribution in [0.15, 0.2) is 41.5 Å². The van der Waals surface area contributed by atoms with Crippen LogP contribution in [0.3, 0.4) is 0 Å². The molecule has 1 unspecified atom stereocenters. The van der Waals surface area contributed by atoms with Gasteiger partial charge in [-0.05, 0) is 25.6 Å². The van der Waals surface area contributed by atoms with Gasteiger partial charge in [-0.3, -0.25) is 9.89 Å². The van der Waals surface area contributed by atoms with Gasteiger partial charge in [-0.1, -0.05) is 44.2 Å². The van der Waals surface area contributed by atoms with E-state index in [9.17, 15) is 0 Å². The van der Waals surface area contributed by atoms with Crippen molar-refractivity contribution >= 4 is 29.9 Å². The summed E-state index contributed by atoms with van der Waals surface area (Å²) in [4.78, 5) is 16.8. The van der Waals surface area contributed by atoms with Crippen LogP contribution < -0.4 is 5.32 Å². The number of imidazole rings is 1. The first-order valence-electron chi connectivity index (χ1n) is 9.34. The Morgan fingerprint density at radius 3 is 2.48 bits per heavy atom. The number of aromatic amines is 1. The molecule has 6 nitrogen and oxygen atoms in total. The number of rotatable bonds is 8. The summed E-state index contributed by atoms with van der Waals surface area (Å²) in [5.41, 5.74) is 2.18. The highest BCUT2D eigenvalue weighted by molar-refractivity contribution is 14.0. The molecule has 1 heterocycles. The van der Waals surface area contributed by atoms with Gasteiger partial charge in [-0.15, -0.1) is 24.0 Å². The molecule has 0 fully saturated rings. The fraction of sp³-hybridized carbons (Fsp3) is 0.500. The highest BCUT2D eigenvalue weighted by Crippen LogP contribution is 2.16. The Balaban J connectivity index is 0.00000364. The molecule has 0 aliphatic carbocycles. The third kappa shape index (κ3) is 6.80. The Morgan fingerprint density at radius 2 is 1.89 bits per heavy atom. The third-order valence-corrected chi connectivity index (χ3v) is 4.66. The number of likely N-dealkylation sites (N-methyl/N-ethyl adjacent to an activating group) is 1. The number of aliphatic imine (C=N–C) groups is 1. The number of aromatic nitrogens is 2. The molecule has 1 aromatic heterocycles. The zero-order valence-electron chi connectivity index (χ0n) is 17.1. The highest BCUT2D eigenvalue weighted by Gasteiger charge is 2.13. The summed E-state index contributed by atoms with van der Waals surface area (Å²) in [5, 5.41) is 3.47. The second-order valence-electron chi connectivity index (χ2n) is 6.46. The summed E-state index contributed by atoms with van der Waals surface area (Å²) in [5.74, 6) is 1.80. The van der Waals surface area contributed by atoms with Crippen LogP contribution in [-0.4, -0.2) is 65.5 Å². The van der Waals surface area contributed by atoms with Gasteiger partial charge in [0.25, 0.3) is 0 Å². The first kappa shape index (κ1) is 23.4. The van der Waals surface area contributed by atoms with Gasteiger partial charge in [0.05, 0.1) is 18.4 Å². The number of benzene rings is 1. The van der Waals surface area contributed by atoms with Crippen LogP contribution in [0.1, 0.15) is 26.6 Å². The van der Waals surface area contributed by atoms with Gasteiger partial charge < -0.3 is 15.2 Å². The van der Waals surface area contributed by atoms with Gasteiger partial charge in [0, 0.05) is 26.7 Å². The molecule has 27 heavy (non-hydrogen) atoms. The van der Waals surface area contributed by atoms with E-state index in [0.29, 0.717) is 12.6 Å². The minimum atomic E-state index is 0. The number of nitrogens with one attached hydrogen (secondary N) is 2. The normalized spacial score (nSPS) is 12.6. The summed E-state index contributed by atoms with van der Waals surface area (Å²) in [6, 6.07) is 10.7. The molecule has 0 aliphatic rings. The number of nitrogens with zero attached hydrogens (tertiary/aromatic N) is 4. The Bertz CT molecular complexity index is 681. The fourth-order valence-electron chi connectivity index (χ4n) is 3.11. The van der Waals surface area contributed by atoms with E-state index in [1.54, 1.807) is 0 Å². The molecule has 2 aromatic rings. The van der Waals surface area contributed by atoms with Crippen molar-refractivity contribution < 1.29 is 0 Å². The number of hydrogen-bond donors (Lipinski definition) is 2. The van der Waals surface area contributed by atoms with Gasteiger partial charge in [-0.2, -0.15) is 0 Å². The minimum absolute atomic E-state index is 0. The van der Waals surface area contributed by atoms with Crippen LogP contribution in [0.25, 0.3) is 11.3 Å². The van der Waals surface area contributed by atoms with Gasteiger partial charge in [0.15, 0.2) is 5.96 Å². The summed E-state index contributed by atoms with van der Waals surface area (Å²) >= 11 is 0. The monoisotopic (exact) mass is 484 g/mol. The quantitative estimate of drug-likeness (QED) is 0.343. The van der Waals surface area contributed by atoms with E-state index in [1.165, 1.54) is 0 Å². The second-order valence-corrected chi connectivity index (χ2v) is 6.46. The van der Waals surface area contributed by atoms with Crippen LogP contribution in [0.4, 0.5) is 0 Å². The zero-order valence-corrected chi connectivity index (χ0v) is 19.4. The molecule has 1 atom stereocenters. The van der Waals surface area contributed by atoms with Gasteiger partial charge >= 0.3 is 0 Å². The van der Waals surface area contributed by atoms with E-state index < -0.39 is 0 Å². The van der Waals surface area contributed by atoms with Crippen molar-refractivity contribution in [1.82, 2.24) is 25.1 Å². The largest absolute Gasteiger partial charge is 0.355 e. The first-order chi connectivity index (χ1) is 12.6. The van der Waals surface area contributed by atoms with Gasteiger partial charge in [0.2, 0.25) is 0 Å². The zero-order chi connectivity index (χ0) is 18.9. The SMILES string of the molecule is CCN(CC)C(C)CNC(=NC)N(C)Cc1ncc(-c2ccccc2)[nH]1.I. The number of halogens is 1. The van der Waals surface area contributed by atoms with Crippen molar-refractivity contribution in [3.05, 3.63) is 42.4 Å². The van der Waals surface area contributed by atoms with Crippen LogP contribution >= 0.6 is 24.0 Å². The van der Waals surface area contributed by atoms with E-state index in [0.717, 1.165) is 42.7 Å². The Morgan fingerprint density at radius 1 is 1.22 bits per heavy atom. The highest BCUT2D eigenvalue weighted by atomic mass is 127. The summed E-state index contributed by atoms with van der Waals surface area (Å²) in [6.45, 7) is 10.3. The van der Waals surface area contributed by atoms with Crippen molar-refractivity contribution in [1.29, 1.82) is 0 Å². The summed E-state index contributed by atoms with van der Waals surface area (Å²) in [6.07, 6.45) is 1.89. The third-order valence-electron chi connectivity index (χ3n) is 4.66. The van der Waals surface area contributed by atoms with E-state index in [2.05, 4.69) is 63.0 Å². The lowest BCUT2D eigenvalue weighted by Gasteiger charge is -2.28. The van der Waals surface area contributed by atoms with Crippen molar-refractivity contribution in [3.8, 4) is 11.3 Å². The van der Waals surface area contributed by atoms with E-state index in [4.69, 9.17) is 0 Å². The van der Waals surface area contributed by atoms with Crippen molar-refractivity contribution in [2.75, 3.05) is 33.7 Å². The molecule has 0 saturated heterocycles. The molecular formula is C20H33IN6. The maximum Gasteiger partial charge on any atom is 0.193 e. The molecule has 0 spiro atoms. The molecule has 0 bridgehead atoms. The maximum atomic E-state index is 4.51. The van der Waals surface area contributed by atoms with Crippen LogP contribution in [0, 0.1) is 0 Å². The molecule has 0 amide bonds. The number of hydrogen-bond acceptors (Lipinski definition) is 3. The topological polar surface area (TPSA) is 59.5 Å². The number of H-pyrrole nitrogens is 1. The van der Waals surface area contributed by atoms with Crippen molar-refractivity contribution in [3.63, 3.8) is 0 Å². The van der Waals surface area contributed by atoms with Crippen LogP contribution in [-0.2, 0) is 6.54 Å². The Hall–Kier alpha value is -1.61. The molecule has 1 aromatic carbocycles. The van der Waals surface area contributed by atoms with Crippen LogP contribution in [0.5, 0.6) is 0 Å². The summed E-state index contributed by atoms with van der Waals surface area (Å²) in [7, 11) is 3.85. The molecule has 0 aliphatic heterocycles. The van der Waals surface area contributed by atoms with E-state index >= 15 is 0 Å². The lowest BCUT2D eigenvalue weighted by Crippen LogP contribution is -2.46. The molecule has 150 valence electrons. The maximum absolute atomic E-state index is 4.51. The molecule has 0 saturated carbocycles. The lowest BCUT2D eigenvalue weighted by atomic mass is 10.2. The Kier molecular flexibility index (Phi) is 10.4. The predicted molar refractivity (Wildman–Crippen MR) is 125 cm³/mol. The second kappa shape index (κ2) is 12.0. The van der Waals surface area contributed by atoms with Gasteiger partial charge in [0.1, 0.15) is 5.82 Å². The number of guanidine groups is 1. The van der Waals surface area contributed by atoms with Crippen LogP contribution in [0.2, 0.25) is 0 Å². The molecule has 2 N–H and O–H groups in total. The fourth-order valence-corrected chi connectivity index (χ4v) is 3.11. The van der Waals surface area contributed by atoms with Crippen molar-refractivity contribution in [2.45, 2.75) is 33.4 Å². The summed E-state index contributed by atoms with van der Waals surface area (Å²) < 4.78 is 0. The molecule has 2 rings (SSSR count). The average Bonchev–Trinajstić information content (AvgIpc) is 3.12. The standard InChI is InChI=1S/C20H32N6.HI/c1-6-26(7-2)16(3)13-23-20(21-4)25(5)15-19-22-14-18(24-19)17-11-9-8-10-12-17;/h8-12,14,16H,6-7,13,15H2,1-5H3,(H,21,23)(H,22,24);1H. The molecule has 7 heteroatoms. The minimum Gasteiger partial charge on any atom is -0.355 e. The van der Waals surface area contributed by atoms with Gasteiger partial charge in [-0.25, -0.2) is 4.98 Å². The molecule has 0 radical (unpaired) electrons. The average molecular weight is 484 g/mol.